The van der Waals surface area contributed by atoms with E-state index in [1.165, 1.54) is 6.07 Å². The van der Waals surface area contributed by atoms with Gasteiger partial charge in [-0.05, 0) is 47.0 Å². The molecule has 0 aliphatic carbocycles. The van der Waals surface area contributed by atoms with Gasteiger partial charge in [-0.2, -0.15) is 0 Å². The molecule has 1 unspecified atom stereocenters. The first-order valence-corrected chi connectivity index (χ1v) is 13.1. The zero-order valence-corrected chi connectivity index (χ0v) is 20.7. The second kappa shape index (κ2) is 10.1. The predicted octanol–water partition coefficient (Wildman–Crippen LogP) is 5.94. The van der Waals surface area contributed by atoms with Crippen LogP contribution in [0.25, 0.3) is 0 Å². The van der Waals surface area contributed by atoms with E-state index in [9.17, 15) is 13.2 Å². The van der Waals surface area contributed by atoms with E-state index in [4.69, 9.17) is 9.84 Å². The molecule has 1 N–H and O–H groups in total. The van der Waals surface area contributed by atoms with Crippen molar-refractivity contribution in [2.45, 2.75) is 44.4 Å². The molecule has 172 valence electrons. The third-order valence-corrected chi connectivity index (χ3v) is 8.52. The predicted molar refractivity (Wildman–Crippen MR) is 129 cm³/mol. The number of para-hydroxylation sites is 1. The van der Waals surface area contributed by atoms with Gasteiger partial charge in [0.2, 0.25) is 0 Å². The van der Waals surface area contributed by atoms with Crippen LogP contribution in [0.2, 0.25) is 0 Å². The Hall–Kier alpha value is -2.32. The van der Waals surface area contributed by atoms with Crippen molar-refractivity contribution < 1.29 is 23.1 Å². The molecule has 2 aromatic carbocycles. The number of halogens is 1. The average molecular weight is 522 g/mol. The first-order chi connectivity index (χ1) is 15.2. The molecule has 0 amide bonds. The number of unbranched alkanes of at least 4 members (excludes halogenated alkanes) is 1. The number of benzene rings is 2. The molecule has 2 aromatic rings. The summed E-state index contributed by atoms with van der Waals surface area (Å²) in [6.07, 6.45) is 5.41. The Kier molecular flexibility index (Phi) is 7.67. The minimum atomic E-state index is -3.63. The maximum atomic E-state index is 13.6. The summed E-state index contributed by atoms with van der Waals surface area (Å²) in [7, 11) is -3.63. The molecular weight excluding hydrogens is 494 g/mol. The van der Waals surface area contributed by atoms with E-state index in [0.29, 0.717) is 16.7 Å². The van der Waals surface area contributed by atoms with Gasteiger partial charge in [-0.25, -0.2) is 13.2 Å². The van der Waals surface area contributed by atoms with Crippen molar-refractivity contribution in [2.75, 3.05) is 17.2 Å². The van der Waals surface area contributed by atoms with Gasteiger partial charge in [-0.1, -0.05) is 44.9 Å². The van der Waals surface area contributed by atoms with Gasteiger partial charge in [0.05, 0.1) is 33.1 Å². The van der Waals surface area contributed by atoms with Crippen LogP contribution in [0, 0.1) is 5.41 Å². The normalized spacial score (nSPS) is 20.0. The van der Waals surface area contributed by atoms with Crippen molar-refractivity contribution in [1.82, 2.24) is 0 Å². The van der Waals surface area contributed by atoms with Gasteiger partial charge in [0.1, 0.15) is 5.75 Å². The number of nitrogens with zero attached hydrogens (tertiary/aromatic N) is 1. The number of rotatable bonds is 8. The van der Waals surface area contributed by atoms with Crippen molar-refractivity contribution in [1.29, 1.82) is 0 Å². The van der Waals surface area contributed by atoms with Crippen molar-refractivity contribution >= 4 is 43.1 Å². The molecule has 0 radical (unpaired) electrons. The molecule has 6 nitrogen and oxygen atoms in total. The SMILES string of the molecule is CCCCC1(CC)CN(c2ccccc2)c2cc(Br)c(O/C=C/C(=O)O)cc2S(=O)(=O)C1. The van der Waals surface area contributed by atoms with Gasteiger partial charge in [0.25, 0.3) is 0 Å². The lowest BCUT2D eigenvalue weighted by Gasteiger charge is -2.36. The van der Waals surface area contributed by atoms with Crippen LogP contribution in [-0.2, 0) is 14.6 Å². The Bertz CT molecular complexity index is 1100. The third-order valence-electron chi connectivity index (χ3n) is 5.91. The molecule has 32 heavy (non-hydrogen) atoms. The molecule has 0 bridgehead atoms. The molecular formula is C24H28BrNO5S. The maximum Gasteiger partial charge on any atom is 0.331 e. The van der Waals surface area contributed by atoms with Crippen LogP contribution in [0.15, 0.2) is 64.2 Å². The highest BCUT2D eigenvalue weighted by Crippen LogP contribution is 2.46. The Morgan fingerprint density at radius 1 is 1.25 bits per heavy atom. The van der Waals surface area contributed by atoms with Gasteiger partial charge in [-0.3, -0.25) is 0 Å². The highest BCUT2D eigenvalue weighted by atomic mass is 79.9. The number of aliphatic carboxylic acids is 1. The molecule has 0 aromatic heterocycles. The van der Waals surface area contributed by atoms with E-state index < -0.39 is 15.8 Å². The number of sulfone groups is 1. The highest BCUT2D eigenvalue weighted by molar-refractivity contribution is 9.10. The van der Waals surface area contributed by atoms with Gasteiger partial charge < -0.3 is 14.7 Å². The molecule has 0 saturated heterocycles. The summed E-state index contributed by atoms with van der Waals surface area (Å²) in [6, 6.07) is 13.0. The summed E-state index contributed by atoms with van der Waals surface area (Å²) in [4.78, 5) is 13.0. The monoisotopic (exact) mass is 521 g/mol. The Balaban J connectivity index is 2.19. The first-order valence-electron chi connectivity index (χ1n) is 10.7. The van der Waals surface area contributed by atoms with E-state index in [-0.39, 0.29) is 21.8 Å². The Morgan fingerprint density at radius 2 is 1.97 bits per heavy atom. The number of carbonyl (C=O) groups is 1. The summed E-state index contributed by atoms with van der Waals surface area (Å²) in [5.41, 5.74) is 1.12. The summed E-state index contributed by atoms with van der Waals surface area (Å²) >= 11 is 3.47. The highest BCUT2D eigenvalue weighted by Gasteiger charge is 2.41. The summed E-state index contributed by atoms with van der Waals surface area (Å²) < 4.78 is 33.3. The molecule has 1 aliphatic rings. The van der Waals surface area contributed by atoms with E-state index >= 15 is 0 Å². The Morgan fingerprint density at radius 3 is 2.59 bits per heavy atom. The van der Waals surface area contributed by atoms with Gasteiger partial charge in [0, 0.05) is 23.7 Å². The van der Waals surface area contributed by atoms with Crippen molar-refractivity contribution in [3.8, 4) is 5.75 Å². The fourth-order valence-electron chi connectivity index (χ4n) is 4.12. The molecule has 8 heteroatoms. The molecule has 0 fully saturated rings. The number of fused-ring (bicyclic) bond motifs is 1. The van der Waals surface area contributed by atoms with Crippen LogP contribution >= 0.6 is 15.9 Å². The minimum absolute atomic E-state index is 0.0544. The van der Waals surface area contributed by atoms with Crippen molar-refractivity contribution in [2.24, 2.45) is 5.41 Å². The van der Waals surface area contributed by atoms with Crippen LogP contribution in [0.5, 0.6) is 5.75 Å². The molecule has 0 saturated carbocycles. The topological polar surface area (TPSA) is 83.9 Å². The Labute approximate surface area is 197 Å². The third kappa shape index (κ3) is 5.35. The zero-order chi connectivity index (χ0) is 23.4. The number of hydrogen-bond acceptors (Lipinski definition) is 5. The smallest absolute Gasteiger partial charge is 0.331 e. The molecule has 3 rings (SSSR count). The van der Waals surface area contributed by atoms with E-state index in [1.54, 1.807) is 6.07 Å². The number of carboxylic acids is 1. The molecule has 0 spiro atoms. The lowest BCUT2D eigenvalue weighted by Crippen LogP contribution is -2.37. The lowest BCUT2D eigenvalue weighted by molar-refractivity contribution is -0.131. The van der Waals surface area contributed by atoms with E-state index in [1.807, 2.05) is 30.3 Å². The summed E-state index contributed by atoms with van der Waals surface area (Å²) in [5.74, 6) is -0.850. The first kappa shape index (κ1) is 24.3. The second-order valence-electron chi connectivity index (χ2n) is 8.15. The molecule has 1 atom stereocenters. The number of ether oxygens (including phenoxy) is 1. The zero-order valence-electron chi connectivity index (χ0n) is 18.3. The second-order valence-corrected chi connectivity index (χ2v) is 11.0. The number of carboxylic acid groups (broad SMARTS) is 1. The van der Waals surface area contributed by atoms with Crippen LogP contribution in [0.3, 0.4) is 0 Å². The molecule has 1 aliphatic heterocycles. The van der Waals surface area contributed by atoms with Crippen LogP contribution in [0.4, 0.5) is 11.4 Å². The summed E-state index contributed by atoms with van der Waals surface area (Å²) in [5, 5.41) is 8.81. The average Bonchev–Trinajstić information content (AvgIpc) is 2.85. The molecule has 1 heterocycles. The van der Waals surface area contributed by atoms with E-state index in [0.717, 1.165) is 43.7 Å². The fraction of sp³-hybridized carbons (Fsp3) is 0.375. The quantitative estimate of drug-likeness (QED) is 0.341. The maximum absolute atomic E-state index is 13.6. The van der Waals surface area contributed by atoms with E-state index in [2.05, 4.69) is 34.7 Å². The van der Waals surface area contributed by atoms with Crippen molar-refractivity contribution in [3.05, 3.63) is 59.3 Å². The summed E-state index contributed by atoms with van der Waals surface area (Å²) in [6.45, 7) is 4.76. The minimum Gasteiger partial charge on any atom is -0.478 e. The standard InChI is InChI=1S/C24H28BrNO5S/c1-3-5-12-24(4-2)16-26(18-9-7-6-8-10-18)20-14-19(25)21(31-13-11-23(27)28)15-22(20)32(29,30)17-24/h6-11,13-15H,3-5,12,16-17H2,1-2H3,(H,27,28)/b13-11+. The van der Waals surface area contributed by atoms with Gasteiger partial charge in [0.15, 0.2) is 9.84 Å². The number of anilines is 2. The number of hydrogen-bond donors (Lipinski definition) is 1. The largest absolute Gasteiger partial charge is 0.478 e. The van der Waals surface area contributed by atoms with Crippen molar-refractivity contribution in [3.63, 3.8) is 0 Å². The van der Waals surface area contributed by atoms with Crippen LogP contribution in [-0.4, -0.2) is 31.8 Å². The van der Waals surface area contributed by atoms with Gasteiger partial charge in [-0.15, -0.1) is 0 Å². The fourth-order valence-corrected chi connectivity index (χ4v) is 6.72. The lowest BCUT2D eigenvalue weighted by atomic mass is 9.81. The van der Waals surface area contributed by atoms with Crippen LogP contribution < -0.4 is 9.64 Å². The van der Waals surface area contributed by atoms with Gasteiger partial charge >= 0.3 is 5.97 Å². The van der Waals surface area contributed by atoms with Crippen LogP contribution in [0.1, 0.15) is 39.5 Å².